The van der Waals surface area contributed by atoms with E-state index in [-0.39, 0.29) is 17.2 Å². The van der Waals surface area contributed by atoms with Crippen molar-refractivity contribution < 1.29 is 23.9 Å². The number of methoxy groups -OCH3 is 1. The minimum Gasteiger partial charge on any atom is -0.497 e. The largest absolute Gasteiger partial charge is 0.497 e. The molecule has 11 heteroatoms. The van der Waals surface area contributed by atoms with Gasteiger partial charge < -0.3 is 25.8 Å². The number of carbonyl (C=O) groups is 3. The number of amides is 4. The smallest absolute Gasteiger partial charge is 0.360 e. The van der Waals surface area contributed by atoms with E-state index in [1.54, 1.807) is 31.4 Å². The molecule has 5 N–H and O–H groups in total. The Hall–Kier alpha value is -3.34. The summed E-state index contributed by atoms with van der Waals surface area (Å²) in [5.74, 6) is -0.0298. The van der Waals surface area contributed by atoms with Gasteiger partial charge in [0.2, 0.25) is 0 Å². The first kappa shape index (κ1) is 20.4. The Kier molecular flexibility index (Phi) is 6.17. The van der Waals surface area contributed by atoms with Gasteiger partial charge in [0, 0.05) is 12.1 Å². The number of likely N-dealkylation sites (tertiary alicyclic amines) is 1. The molecule has 1 aromatic carbocycles. The number of carbonyl (C=O) groups excluding carboxylic acids is 3. The minimum atomic E-state index is -0.818. The molecule has 0 saturated carbocycles. The van der Waals surface area contributed by atoms with Crippen LogP contribution in [0.25, 0.3) is 10.6 Å². The lowest BCUT2D eigenvalue weighted by molar-refractivity contribution is 0.0124. The van der Waals surface area contributed by atoms with Crippen molar-refractivity contribution in [3.8, 4) is 16.3 Å². The number of benzene rings is 1. The molecule has 0 radical (unpaired) electrons. The zero-order chi connectivity index (χ0) is 21.0. The number of aromatic nitrogens is 1. The Morgan fingerprint density at radius 3 is 2.59 bits per heavy atom. The molecule has 1 saturated heterocycles. The molecule has 1 aliphatic rings. The lowest BCUT2D eigenvalue weighted by Gasteiger charge is -2.30. The molecule has 1 aromatic heterocycles. The Morgan fingerprint density at radius 1 is 1.24 bits per heavy atom. The highest BCUT2D eigenvalue weighted by Gasteiger charge is 2.28. The summed E-state index contributed by atoms with van der Waals surface area (Å²) in [6.45, 7) is 0.741. The van der Waals surface area contributed by atoms with Crippen molar-refractivity contribution in [2.45, 2.75) is 18.9 Å². The number of nitrogens with two attached hydrogens (primary N) is 2. The van der Waals surface area contributed by atoms with E-state index >= 15 is 0 Å². The standard InChI is InChI=1S/C18H21N5O5S/c1-27-11-6-4-10(5-7-11)14-21-13(15(29-14)22-17(19)25)16(24)28-12-3-2-8-23(9-12)18(20)26/h4-7,12H,2-3,8-9H2,1H3,(H2,20,26)(H3,19,22,25). The maximum Gasteiger partial charge on any atom is 0.360 e. The molecule has 1 aliphatic heterocycles. The van der Waals surface area contributed by atoms with E-state index in [0.717, 1.165) is 16.9 Å². The lowest BCUT2D eigenvalue weighted by Crippen LogP contribution is -2.46. The number of esters is 1. The number of anilines is 1. The number of nitrogens with zero attached hydrogens (tertiary/aromatic N) is 2. The summed E-state index contributed by atoms with van der Waals surface area (Å²) in [6.07, 6.45) is 0.765. The molecule has 10 nitrogen and oxygen atoms in total. The van der Waals surface area contributed by atoms with Gasteiger partial charge in [-0.2, -0.15) is 0 Å². The number of piperidine rings is 1. The van der Waals surface area contributed by atoms with Crippen molar-refractivity contribution in [1.29, 1.82) is 0 Å². The number of nitrogens with one attached hydrogen (secondary N) is 1. The van der Waals surface area contributed by atoms with Gasteiger partial charge in [0.25, 0.3) is 0 Å². The summed E-state index contributed by atoms with van der Waals surface area (Å²) < 4.78 is 10.6. The molecule has 29 heavy (non-hydrogen) atoms. The van der Waals surface area contributed by atoms with Gasteiger partial charge in [-0.3, -0.25) is 5.32 Å². The highest BCUT2D eigenvalue weighted by atomic mass is 32.1. The topological polar surface area (TPSA) is 150 Å². The molecule has 1 atom stereocenters. The molecule has 1 fully saturated rings. The van der Waals surface area contributed by atoms with E-state index < -0.39 is 24.1 Å². The number of primary amides is 2. The van der Waals surface area contributed by atoms with Gasteiger partial charge in [-0.05, 0) is 37.1 Å². The maximum absolute atomic E-state index is 12.7. The first-order valence-corrected chi connectivity index (χ1v) is 9.66. The second kappa shape index (κ2) is 8.78. The summed E-state index contributed by atoms with van der Waals surface area (Å²) in [5.41, 5.74) is 11.2. The predicted octanol–water partition coefficient (Wildman–Crippen LogP) is 2.01. The molecule has 0 bridgehead atoms. The van der Waals surface area contributed by atoms with Crippen LogP contribution in [0.1, 0.15) is 23.3 Å². The highest BCUT2D eigenvalue weighted by molar-refractivity contribution is 7.19. The Labute approximate surface area is 170 Å². The van der Waals surface area contributed by atoms with E-state index in [0.29, 0.717) is 30.1 Å². The molecular formula is C18H21N5O5S. The van der Waals surface area contributed by atoms with Crippen LogP contribution in [0.15, 0.2) is 24.3 Å². The summed E-state index contributed by atoms with van der Waals surface area (Å²) in [6, 6.07) is 5.71. The summed E-state index contributed by atoms with van der Waals surface area (Å²) >= 11 is 1.10. The fraction of sp³-hybridized carbons (Fsp3) is 0.333. The normalized spacial score (nSPS) is 16.2. The molecule has 1 unspecified atom stereocenters. The third-order valence-corrected chi connectivity index (χ3v) is 5.38. The summed E-state index contributed by atoms with van der Waals surface area (Å²) in [4.78, 5) is 41.2. The number of rotatable bonds is 5. The van der Waals surface area contributed by atoms with Crippen molar-refractivity contribution in [1.82, 2.24) is 9.88 Å². The van der Waals surface area contributed by atoms with Gasteiger partial charge >= 0.3 is 18.0 Å². The fourth-order valence-electron chi connectivity index (χ4n) is 2.95. The third-order valence-electron chi connectivity index (χ3n) is 4.36. The highest BCUT2D eigenvalue weighted by Crippen LogP contribution is 2.33. The van der Waals surface area contributed by atoms with Crippen LogP contribution < -0.4 is 21.5 Å². The van der Waals surface area contributed by atoms with Gasteiger partial charge in [-0.1, -0.05) is 11.3 Å². The Morgan fingerprint density at radius 2 is 1.97 bits per heavy atom. The van der Waals surface area contributed by atoms with E-state index in [9.17, 15) is 14.4 Å². The number of hydrogen-bond donors (Lipinski definition) is 3. The molecular weight excluding hydrogens is 398 g/mol. The average molecular weight is 419 g/mol. The van der Waals surface area contributed by atoms with E-state index in [1.807, 2.05) is 0 Å². The van der Waals surface area contributed by atoms with Crippen LogP contribution in [-0.4, -0.2) is 54.2 Å². The summed E-state index contributed by atoms with van der Waals surface area (Å²) in [7, 11) is 1.56. The van der Waals surface area contributed by atoms with Gasteiger partial charge in [0.1, 0.15) is 21.9 Å². The van der Waals surface area contributed by atoms with Crippen molar-refractivity contribution in [2.75, 3.05) is 25.5 Å². The van der Waals surface area contributed by atoms with Crippen LogP contribution in [0.4, 0.5) is 14.6 Å². The molecule has 4 amide bonds. The number of thiazole rings is 1. The molecule has 154 valence electrons. The molecule has 0 aliphatic carbocycles. The van der Waals surface area contributed by atoms with E-state index in [2.05, 4.69) is 10.3 Å². The van der Waals surface area contributed by atoms with Crippen LogP contribution in [0.2, 0.25) is 0 Å². The van der Waals surface area contributed by atoms with Gasteiger partial charge in [-0.15, -0.1) is 0 Å². The monoisotopic (exact) mass is 419 g/mol. The molecule has 0 spiro atoms. The second-order valence-electron chi connectivity index (χ2n) is 6.37. The van der Waals surface area contributed by atoms with Crippen molar-refractivity contribution in [3.63, 3.8) is 0 Å². The van der Waals surface area contributed by atoms with Crippen LogP contribution in [0, 0.1) is 0 Å². The second-order valence-corrected chi connectivity index (χ2v) is 7.37. The zero-order valence-corrected chi connectivity index (χ0v) is 16.5. The quantitative estimate of drug-likeness (QED) is 0.631. The number of ether oxygens (including phenoxy) is 2. The van der Waals surface area contributed by atoms with Gasteiger partial charge in [0.15, 0.2) is 5.69 Å². The zero-order valence-electron chi connectivity index (χ0n) is 15.7. The van der Waals surface area contributed by atoms with Gasteiger partial charge in [0.05, 0.1) is 13.7 Å². The van der Waals surface area contributed by atoms with Gasteiger partial charge in [-0.25, -0.2) is 19.4 Å². The predicted molar refractivity (Wildman–Crippen MR) is 107 cm³/mol. The Balaban J connectivity index is 1.82. The first-order chi connectivity index (χ1) is 13.9. The fourth-order valence-corrected chi connectivity index (χ4v) is 3.92. The third kappa shape index (κ3) is 4.93. The number of urea groups is 2. The van der Waals surface area contributed by atoms with Crippen molar-refractivity contribution >= 4 is 34.4 Å². The van der Waals surface area contributed by atoms with Crippen LogP contribution >= 0.6 is 11.3 Å². The van der Waals surface area contributed by atoms with Crippen molar-refractivity contribution in [2.24, 2.45) is 11.5 Å². The lowest BCUT2D eigenvalue weighted by atomic mass is 10.1. The van der Waals surface area contributed by atoms with Crippen LogP contribution in [-0.2, 0) is 4.74 Å². The SMILES string of the molecule is COc1ccc(-c2nc(C(=O)OC3CCCN(C(N)=O)C3)c(NC(N)=O)s2)cc1. The molecule has 2 aromatic rings. The van der Waals surface area contributed by atoms with E-state index in [1.165, 1.54) is 4.90 Å². The average Bonchev–Trinajstić information content (AvgIpc) is 3.11. The van der Waals surface area contributed by atoms with Crippen molar-refractivity contribution in [3.05, 3.63) is 30.0 Å². The molecule has 3 rings (SSSR count). The summed E-state index contributed by atoms with van der Waals surface area (Å²) in [5, 5.41) is 3.11. The van der Waals surface area contributed by atoms with Crippen LogP contribution in [0.5, 0.6) is 5.75 Å². The first-order valence-electron chi connectivity index (χ1n) is 8.84. The Bertz CT molecular complexity index is 914. The molecule has 2 heterocycles. The minimum absolute atomic E-state index is 0.0455. The van der Waals surface area contributed by atoms with Crippen LogP contribution in [0.3, 0.4) is 0 Å². The maximum atomic E-state index is 12.7. The van der Waals surface area contributed by atoms with E-state index in [4.69, 9.17) is 20.9 Å². The number of hydrogen-bond acceptors (Lipinski definition) is 7.